The predicted octanol–water partition coefficient (Wildman–Crippen LogP) is 1.75. The number of nitrogens with zero attached hydrogens (tertiary/aromatic N) is 5. The lowest BCUT2D eigenvalue weighted by Crippen LogP contribution is -2.48. The van der Waals surface area contributed by atoms with Crippen LogP contribution < -0.4 is 14.4 Å². The van der Waals surface area contributed by atoms with Crippen molar-refractivity contribution in [3.05, 3.63) is 48.3 Å². The van der Waals surface area contributed by atoms with E-state index in [4.69, 9.17) is 14.7 Å². The van der Waals surface area contributed by atoms with Gasteiger partial charge in [0.2, 0.25) is 11.9 Å². The van der Waals surface area contributed by atoms with Gasteiger partial charge in [0.15, 0.2) is 18.1 Å². The van der Waals surface area contributed by atoms with E-state index in [0.29, 0.717) is 43.6 Å². The monoisotopic (exact) mass is 379 g/mol. The molecule has 0 N–H and O–H groups in total. The molecule has 1 aliphatic rings. The van der Waals surface area contributed by atoms with Gasteiger partial charge in [-0.15, -0.1) is 0 Å². The minimum atomic E-state index is -0.0516. The first-order chi connectivity index (χ1) is 13.7. The van der Waals surface area contributed by atoms with Gasteiger partial charge >= 0.3 is 0 Å². The van der Waals surface area contributed by atoms with Crippen molar-refractivity contribution >= 4 is 17.9 Å². The summed E-state index contributed by atoms with van der Waals surface area (Å²) in [6.07, 6.45) is 6.73. The number of hydrogen-bond acceptors (Lipinski definition) is 7. The van der Waals surface area contributed by atoms with Crippen LogP contribution in [0.2, 0.25) is 0 Å². The summed E-state index contributed by atoms with van der Waals surface area (Å²) in [7, 11) is 1.53. The van der Waals surface area contributed by atoms with Crippen LogP contribution in [0.4, 0.5) is 5.95 Å². The molecule has 1 amide bonds. The Balaban J connectivity index is 1.57. The van der Waals surface area contributed by atoms with E-state index in [1.165, 1.54) is 7.11 Å². The molecular formula is C20H21N5O3. The molecule has 0 atom stereocenters. The van der Waals surface area contributed by atoms with Gasteiger partial charge < -0.3 is 19.3 Å². The van der Waals surface area contributed by atoms with Crippen molar-refractivity contribution in [1.82, 2.24) is 14.9 Å². The third-order valence-corrected chi connectivity index (χ3v) is 4.32. The predicted molar refractivity (Wildman–Crippen MR) is 104 cm³/mol. The zero-order chi connectivity index (χ0) is 19.8. The van der Waals surface area contributed by atoms with Gasteiger partial charge in [0.25, 0.3) is 0 Å². The third-order valence-electron chi connectivity index (χ3n) is 4.32. The Morgan fingerprint density at radius 1 is 1.21 bits per heavy atom. The maximum Gasteiger partial charge on any atom is 0.246 e. The van der Waals surface area contributed by atoms with Crippen LogP contribution in [0, 0.1) is 11.3 Å². The van der Waals surface area contributed by atoms with E-state index in [0.717, 1.165) is 5.56 Å². The van der Waals surface area contributed by atoms with Gasteiger partial charge in [-0.2, -0.15) is 5.26 Å². The van der Waals surface area contributed by atoms with Crippen LogP contribution in [0.5, 0.6) is 11.5 Å². The first kappa shape index (κ1) is 19.2. The molecule has 2 heterocycles. The molecule has 0 radical (unpaired) electrons. The number of benzene rings is 1. The highest BCUT2D eigenvalue weighted by atomic mass is 16.5. The topological polar surface area (TPSA) is 91.6 Å². The molecule has 28 heavy (non-hydrogen) atoms. The van der Waals surface area contributed by atoms with Crippen molar-refractivity contribution in [2.75, 3.05) is 44.8 Å². The van der Waals surface area contributed by atoms with E-state index in [1.54, 1.807) is 47.6 Å². The van der Waals surface area contributed by atoms with Crippen LogP contribution in [-0.2, 0) is 4.79 Å². The molecule has 0 spiro atoms. The second-order valence-electron chi connectivity index (χ2n) is 6.05. The average molecular weight is 379 g/mol. The molecule has 0 unspecified atom stereocenters. The van der Waals surface area contributed by atoms with Gasteiger partial charge in [0.05, 0.1) is 7.11 Å². The molecule has 1 aromatic carbocycles. The minimum absolute atomic E-state index is 0.0441. The third kappa shape index (κ3) is 4.76. The molecule has 8 nitrogen and oxygen atoms in total. The van der Waals surface area contributed by atoms with Gasteiger partial charge in [-0.25, -0.2) is 9.97 Å². The summed E-state index contributed by atoms with van der Waals surface area (Å²) < 4.78 is 10.6. The van der Waals surface area contributed by atoms with Crippen LogP contribution in [0.25, 0.3) is 6.08 Å². The number of carbonyl (C=O) groups excluding carboxylic acids is 1. The molecule has 3 rings (SSSR count). The van der Waals surface area contributed by atoms with E-state index >= 15 is 0 Å². The molecule has 2 aromatic rings. The highest BCUT2D eigenvalue weighted by molar-refractivity contribution is 5.92. The average Bonchev–Trinajstić information content (AvgIpc) is 2.77. The largest absolute Gasteiger partial charge is 0.493 e. The molecular weight excluding hydrogens is 358 g/mol. The fraction of sp³-hybridized carbons (Fsp3) is 0.300. The van der Waals surface area contributed by atoms with Crippen LogP contribution in [0.3, 0.4) is 0 Å². The lowest BCUT2D eigenvalue weighted by Gasteiger charge is -2.34. The SMILES string of the molecule is COc1cc(/C=C/C(=O)N2CCN(c3ncccn3)CC2)ccc1OCC#N. The number of rotatable bonds is 6. The number of hydrogen-bond donors (Lipinski definition) is 0. The second kappa shape index (κ2) is 9.37. The number of nitriles is 1. The van der Waals surface area contributed by atoms with E-state index in [9.17, 15) is 4.79 Å². The molecule has 8 heteroatoms. The highest BCUT2D eigenvalue weighted by Gasteiger charge is 2.21. The minimum Gasteiger partial charge on any atom is -0.493 e. The fourth-order valence-electron chi connectivity index (χ4n) is 2.87. The number of methoxy groups -OCH3 is 1. The normalized spacial score (nSPS) is 14.0. The quantitative estimate of drug-likeness (QED) is 0.706. The van der Waals surface area contributed by atoms with Crippen LogP contribution in [-0.4, -0.2) is 60.7 Å². The number of amides is 1. The van der Waals surface area contributed by atoms with Gasteiger partial charge in [0.1, 0.15) is 6.07 Å². The van der Waals surface area contributed by atoms with Crippen molar-refractivity contribution in [1.29, 1.82) is 5.26 Å². The number of ether oxygens (including phenoxy) is 2. The van der Waals surface area contributed by atoms with Gasteiger partial charge in [-0.1, -0.05) is 6.07 Å². The van der Waals surface area contributed by atoms with Gasteiger partial charge in [0, 0.05) is 44.6 Å². The van der Waals surface area contributed by atoms with Crippen molar-refractivity contribution in [3.63, 3.8) is 0 Å². The Kier molecular flexibility index (Phi) is 6.41. The van der Waals surface area contributed by atoms with E-state index in [1.807, 2.05) is 12.1 Å². The van der Waals surface area contributed by atoms with E-state index in [2.05, 4.69) is 14.9 Å². The number of anilines is 1. The maximum absolute atomic E-state index is 12.5. The van der Waals surface area contributed by atoms with Crippen molar-refractivity contribution in [3.8, 4) is 17.6 Å². The van der Waals surface area contributed by atoms with E-state index < -0.39 is 0 Å². The summed E-state index contributed by atoms with van der Waals surface area (Å²) in [4.78, 5) is 24.8. The number of piperazine rings is 1. The van der Waals surface area contributed by atoms with Gasteiger partial charge in [-0.3, -0.25) is 4.79 Å². The molecule has 0 bridgehead atoms. The number of aromatic nitrogens is 2. The number of carbonyl (C=O) groups is 1. The Morgan fingerprint density at radius 3 is 2.64 bits per heavy atom. The van der Waals surface area contributed by atoms with Gasteiger partial charge in [-0.05, 0) is 29.8 Å². The zero-order valence-electron chi connectivity index (χ0n) is 15.6. The summed E-state index contributed by atoms with van der Waals surface area (Å²) in [5.41, 5.74) is 0.811. The lowest BCUT2D eigenvalue weighted by molar-refractivity contribution is -0.126. The van der Waals surface area contributed by atoms with Crippen LogP contribution in [0.15, 0.2) is 42.7 Å². The summed E-state index contributed by atoms with van der Waals surface area (Å²) in [5.74, 6) is 1.65. The molecule has 1 saturated heterocycles. The summed E-state index contributed by atoms with van der Waals surface area (Å²) in [5, 5.41) is 8.62. The highest BCUT2D eigenvalue weighted by Crippen LogP contribution is 2.28. The zero-order valence-corrected chi connectivity index (χ0v) is 15.6. The van der Waals surface area contributed by atoms with Crippen molar-refractivity contribution < 1.29 is 14.3 Å². The fourth-order valence-corrected chi connectivity index (χ4v) is 2.87. The summed E-state index contributed by atoms with van der Waals surface area (Å²) >= 11 is 0. The Labute approximate surface area is 163 Å². The maximum atomic E-state index is 12.5. The standard InChI is InChI=1S/C20H21N5O3/c1-27-18-15-16(3-5-17(18)28-14-7-21)4-6-19(26)24-10-12-25(13-11-24)20-22-8-2-9-23-20/h2-6,8-9,15H,10-14H2,1H3/b6-4+. The van der Waals surface area contributed by atoms with Crippen LogP contribution >= 0.6 is 0 Å². The second-order valence-corrected chi connectivity index (χ2v) is 6.05. The molecule has 144 valence electrons. The summed E-state index contributed by atoms with van der Waals surface area (Å²) in [6, 6.07) is 9.00. The molecule has 0 aliphatic carbocycles. The first-order valence-corrected chi connectivity index (χ1v) is 8.88. The molecule has 0 saturated carbocycles. The Morgan fingerprint density at radius 2 is 1.96 bits per heavy atom. The van der Waals surface area contributed by atoms with Crippen LogP contribution in [0.1, 0.15) is 5.56 Å². The Bertz CT molecular complexity index is 871. The van der Waals surface area contributed by atoms with E-state index in [-0.39, 0.29) is 12.5 Å². The molecule has 1 aliphatic heterocycles. The Hall–Kier alpha value is -3.60. The molecule has 1 fully saturated rings. The molecule has 1 aromatic heterocycles. The summed E-state index contributed by atoms with van der Waals surface area (Å²) in [6.45, 7) is 2.58. The lowest BCUT2D eigenvalue weighted by atomic mass is 10.2. The smallest absolute Gasteiger partial charge is 0.246 e. The van der Waals surface area contributed by atoms with Crippen molar-refractivity contribution in [2.45, 2.75) is 0 Å². The first-order valence-electron chi connectivity index (χ1n) is 8.88. The van der Waals surface area contributed by atoms with Crippen molar-refractivity contribution in [2.24, 2.45) is 0 Å².